The minimum atomic E-state index is 0.680. The smallest absolute Gasteiger partial charge is 0.236 e. The SMILES string of the molecule is COc1nnc(-c2ccc(OCCCN3CCCC3)cc2)c2c1CCC2. The first kappa shape index (κ1) is 17.3. The van der Waals surface area contributed by atoms with E-state index in [0.717, 1.165) is 55.8 Å². The van der Waals surface area contributed by atoms with E-state index in [9.17, 15) is 0 Å². The highest BCUT2D eigenvalue weighted by molar-refractivity contribution is 5.66. The highest BCUT2D eigenvalue weighted by Crippen LogP contribution is 2.35. The van der Waals surface area contributed by atoms with Crippen LogP contribution in [0.4, 0.5) is 0 Å². The second-order valence-electron chi connectivity index (χ2n) is 7.14. The summed E-state index contributed by atoms with van der Waals surface area (Å²) >= 11 is 0. The molecule has 2 heterocycles. The van der Waals surface area contributed by atoms with Gasteiger partial charge in [0.05, 0.1) is 19.4 Å². The van der Waals surface area contributed by atoms with E-state index in [2.05, 4.69) is 27.2 Å². The average molecular weight is 353 g/mol. The van der Waals surface area contributed by atoms with E-state index < -0.39 is 0 Å². The summed E-state index contributed by atoms with van der Waals surface area (Å²) in [5.41, 5.74) is 4.59. The Morgan fingerprint density at radius 2 is 1.73 bits per heavy atom. The molecular weight excluding hydrogens is 326 g/mol. The van der Waals surface area contributed by atoms with Gasteiger partial charge in [-0.1, -0.05) is 0 Å². The Morgan fingerprint density at radius 1 is 0.962 bits per heavy atom. The monoisotopic (exact) mass is 353 g/mol. The van der Waals surface area contributed by atoms with Crippen LogP contribution in [-0.4, -0.2) is 48.4 Å². The molecule has 4 rings (SSSR count). The van der Waals surface area contributed by atoms with E-state index in [1.165, 1.54) is 37.1 Å². The second-order valence-corrected chi connectivity index (χ2v) is 7.14. The van der Waals surface area contributed by atoms with E-state index >= 15 is 0 Å². The van der Waals surface area contributed by atoms with E-state index in [0.29, 0.717) is 5.88 Å². The lowest BCUT2D eigenvalue weighted by Crippen LogP contribution is -2.21. The summed E-state index contributed by atoms with van der Waals surface area (Å²) in [6, 6.07) is 8.26. The molecule has 26 heavy (non-hydrogen) atoms. The van der Waals surface area contributed by atoms with Crippen molar-refractivity contribution in [2.45, 2.75) is 38.5 Å². The summed E-state index contributed by atoms with van der Waals surface area (Å²) in [4.78, 5) is 2.52. The van der Waals surface area contributed by atoms with Gasteiger partial charge in [0.25, 0.3) is 0 Å². The fraction of sp³-hybridized carbons (Fsp3) is 0.524. The molecule has 2 aromatic rings. The molecule has 0 unspecified atom stereocenters. The van der Waals surface area contributed by atoms with Gasteiger partial charge in [0.1, 0.15) is 5.75 Å². The fourth-order valence-electron chi connectivity index (χ4n) is 4.05. The highest BCUT2D eigenvalue weighted by atomic mass is 16.5. The molecular formula is C21H27N3O2. The van der Waals surface area contributed by atoms with Crippen molar-refractivity contribution in [3.63, 3.8) is 0 Å². The van der Waals surface area contributed by atoms with Gasteiger partial charge in [-0.05, 0) is 81.4 Å². The summed E-state index contributed by atoms with van der Waals surface area (Å²) < 4.78 is 11.3. The molecule has 1 saturated heterocycles. The second kappa shape index (κ2) is 8.04. The third-order valence-electron chi connectivity index (χ3n) is 5.41. The Labute approximate surface area is 155 Å². The lowest BCUT2D eigenvalue weighted by Gasteiger charge is -2.14. The zero-order valence-corrected chi connectivity index (χ0v) is 15.5. The van der Waals surface area contributed by atoms with Crippen LogP contribution >= 0.6 is 0 Å². The minimum absolute atomic E-state index is 0.680. The molecule has 5 heteroatoms. The standard InChI is InChI=1S/C21H27N3O2/c1-25-21-19-7-4-6-18(19)20(22-23-21)16-8-10-17(11-9-16)26-15-5-14-24-12-2-3-13-24/h8-11H,2-7,12-15H2,1H3. The molecule has 1 aromatic heterocycles. The number of ether oxygens (including phenoxy) is 2. The highest BCUT2D eigenvalue weighted by Gasteiger charge is 2.22. The quantitative estimate of drug-likeness (QED) is 0.713. The topological polar surface area (TPSA) is 47.5 Å². The van der Waals surface area contributed by atoms with Crippen LogP contribution in [0.2, 0.25) is 0 Å². The maximum atomic E-state index is 5.90. The maximum Gasteiger partial charge on any atom is 0.236 e. The Morgan fingerprint density at radius 3 is 2.50 bits per heavy atom. The number of fused-ring (bicyclic) bond motifs is 1. The molecule has 138 valence electrons. The lowest BCUT2D eigenvalue weighted by molar-refractivity contribution is 0.263. The molecule has 0 N–H and O–H groups in total. The van der Waals surface area contributed by atoms with E-state index in [1.54, 1.807) is 7.11 Å². The van der Waals surface area contributed by atoms with Crippen molar-refractivity contribution >= 4 is 0 Å². The largest absolute Gasteiger partial charge is 0.494 e. The van der Waals surface area contributed by atoms with Gasteiger partial charge in [0.15, 0.2) is 0 Å². The Hall–Kier alpha value is -2.14. The van der Waals surface area contributed by atoms with Crippen molar-refractivity contribution in [1.82, 2.24) is 15.1 Å². The Balaban J connectivity index is 1.38. The Bertz CT molecular complexity index is 740. The molecule has 1 aliphatic heterocycles. The predicted molar refractivity (Wildman–Crippen MR) is 102 cm³/mol. The summed E-state index contributed by atoms with van der Waals surface area (Å²) in [6.07, 6.45) is 6.99. The summed E-state index contributed by atoms with van der Waals surface area (Å²) in [5, 5.41) is 8.68. The van der Waals surface area contributed by atoms with Crippen molar-refractivity contribution in [2.24, 2.45) is 0 Å². The van der Waals surface area contributed by atoms with Gasteiger partial charge in [-0.15, -0.1) is 10.2 Å². The first-order chi connectivity index (χ1) is 12.8. The fourth-order valence-corrected chi connectivity index (χ4v) is 4.05. The first-order valence-corrected chi connectivity index (χ1v) is 9.73. The lowest BCUT2D eigenvalue weighted by atomic mass is 10.0. The molecule has 1 fully saturated rings. The van der Waals surface area contributed by atoms with Crippen molar-refractivity contribution in [3.05, 3.63) is 35.4 Å². The zero-order chi connectivity index (χ0) is 17.8. The zero-order valence-electron chi connectivity index (χ0n) is 15.5. The predicted octanol–water partition coefficient (Wildman–Crippen LogP) is 3.51. The van der Waals surface area contributed by atoms with Gasteiger partial charge in [-0.3, -0.25) is 0 Å². The number of aromatic nitrogens is 2. The normalized spacial score (nSPS) is 16.7. The molecule has 0 spiro atoms. The van der Waals surface area contributed by atoms with Gasteiger partial charge in [0.2, 0.25) is 5.88 Å². The van der Waals surface area contributed by atoms with Crippen LogP contribution in [0.1, 0.15) is 36.8 Å². The first-order valence-electron chi connectivity index (χ1n) is 9.73. The van der Waals surface area contributed by atoms with Crippen molar-refractivity contribution in [3.8, 4) is 22.9 Å². The van der Waals surface area contributed by atoms with Crippen molar-refractivity contribution in [1.29, 1.82) is 0 Å². The maximum absolute atomic E-state index is 5.90. The van der Waals surface area contributed by atoms with Crippen LogP contribution in [0.5, 0.6) is 11.6 Å². The van der Waals surface area contributed by atoms with Gasteiger partial charge >= 0.3 is 0 Å². The van der Waals surface area contributed by atoms with Gasteiger partial charge in [-0.25, -0.2) is 0 Å². The van der Waals surface area contributed by atoms with Crippen molar-refractivity contribution < 1.29 is 9.47 Å². The minimum Gasteiger partial charge on any atom is -0.494 e. The molecule has 0 saturated carbocycles. The number of hydrogen-bond donors (Lipinski definition) is 0. The number of hydrogen-bond acceptors (Lipinski definition) is 5. The third kappa shape index (κ3) is 3.68. The van der Waals surface area contributed by atoms with Crippen molar-refractivity contribution in [2.75, 3.05) is 33.4 Å². The van der Waals surface area contributed by atoms with E-state index in [-0.39, 0.29) is 0 Å². The molecule has 1 aliphatic carbocycles. The number of rotatable bonds is 7. The molecule has 1 aromatic carbocycles. The van der Waals surface area contributed by atoms with Crippen LogP contribution < -0.4 is 9.47 Å². The van der Waals surface area contributed by atoms with E-state index in [1.807, 2.05) is 12.1 Å². The number of nitrogens with zero attached hydrogens (tertiary/aromatic N) is 3. The molecule has 0 atom stereocenters. The van der Waals surface area contributed by atoms with Crippen LogP contribution in [0.25, 0.3) is 11.3 Å². The molecule has 0 radical (unpaired) electrons. The van der Waals surface area contributed by atoms with Crippen LogP contribution in [-0.2, 0) is 12.8 Å². The van der Waals surface area contributed by atoms with Crippen LogP contribution in [0.3, 0.4) is 0 Å². The van der Waals surface area contributed by atoms with Gasteiger partial charge in [-0.2, -0.15) is 0 Å². The summed E-state index contributed by atoms with van der Waals surface area (Å²) in [7, 11) is 1.66. The number of methoxy groups -OCH3 is 1. The molecule has 0 amide bonds. The molecule has 0 bridgehead atoms. The van der Waals surface area contributed by atoms with Crippen LogP contribution in [0, 0.1) is 0 Å². The summed E-state index contributed by atoms with van der Waals surface area (Å²) in [5.74, 6) is 1.60. The number of likely N-dealkylation sites (tertiary alicyclic amines) is 1. The van der Waals surface area contributed by atoms with E-state index in [4.69, 9.17) is 9.47 Å². The van der Waals surface area contributed by atoms with Gasteiger partial charge in [0, 0.05) is 17.7 Å². The Kier molecular flexibility index (Phi) is 5.34. The summed E-state index contributed by atoms with van der Waals surface area (Å²) in [6.45, 7) is 4.42. The third-order valence-corrected chi connectivity index (χ3v) is 5.41. The average Bonchev–Trinajstić information content (AvgIpc) is 3.37. The van der Waals surface area contributed by atoms with Crippen LogP contribution in [0.15, 0.2) is 24.3 Å². The molecule has 2 aliphatic rings. The number of benzene rings is 1. The van der Waals surface area contributed by atoms with Gasteiger partial charge < -0.3 is 14.4 Å². The molecule has 5 nitrogen and oxygen atoms in total.